The maximum absolute atomic E-state index is 12.6. The molecule has 0 aliphatic rings. The lowest BCUT2D eigenvalue weighted by atomic mass is 10.3. The summed E-state index contributed by atoms with van der Waals surface area (Å²) in [7, 11) is 1.95. The van der Waals surface area contributed by atoms with Gasteiger partial charge in [0.15, 0.2) is 0 Å². The molecule has 0 saturated heterocycles. The zero-order valence-electron chi connectivity index (χ0n) is 8.39. The van der Waals surface area contributed by atoms with Crippen molar-refractivity contribution in [2.75, 3.05) is 0 Å². The van der Waals surface area contributed by atoms with Gasteiger partial charge < -0.3 is 4.57 Å². The Morgan fingerprint density at radius 2 is 1.93 bits per heavy atom. The van der Waals surface area contributed by atoms with Crippen molar-refractivity contribution in [2.24, 2.45) is 12.0 Å². The van der Waals surface area contributed by atoms with Crippen molar-refractivity contribution in [1.82, 2.24) is 4.57 Å². The van der Waals surface area contributed by atoms with E-state index >= 15 is 0 Å². The van der Waals surface area contributed by atoms with E-state index in [4.69, 9.17) is 0 Å². The Hall–Kier alpha value is -1.90. The molecule has 0 N–H and O–H groups in total. The SMILES string of the molecule is Cn1cccc1C=Nc1ccc(F)cc1. The summed E-state index contributed by atoms with van der Waals surface area (Å²) in [6.45, 7) is 0. The Bertz CT molecular complexity index is 469. The third kappa shape index (κ3) is 2.31. The van der Waals surface area contributed by atoms with Crippen LogP contribution in [0.1, 0.15) is 5.69 Å². The topological polar surface area (TPSA) is 17.3 Å². The van der Waals surface area contributed by atoms with Crippen LogP contribution in [-0.4, -0.2) is 10.8 Å². The predicted octanol–water partition coefficient (Wildman–Crippen LogP) is 2.91. The fraction of sp³-hybridized carbons (Fsp3) is 0.0833. The molecule has 2 aromatic rings. The Morgan fingerprint density at radius 3 is 2.53 bits per heavy atom. The van der Waals surface area contributed by atoms with Gasteiger partial charge in [0, 0.05) is 13.2 Å². The highest BCUT2D eigenvalue weighted by Crippen LogP contribution is 2.12. The van der Waals surface area contributed by atoms with Gasteiger partial charge in [-0.25, -0.2) is 4.39 Å². The first kappa shape index (κ1) is 9.65. The largest absolute Gasteiger partial charge is 0.350 e. The van der Waals surface area contributed by atoms with Gasteiger partial charge in [0.05, 0.1) is 17.6 Å². The van der Waals surface area contributed by atoms with Crippen LogP contribution < -0.4 is 0 Å². The summed E-state index contributed by atoms with van der Waals surface area (Å²) in [4.78, 5) is 4.24. The van der Waals surface area contributed by atoms with Crippen molar-refractivity contribution in [3.63, 3.8) is 0 Å². The van der Waals surface area contributed by atoms with Crippen LogP contribution in [-0.2, 0) is 7.05 Å². The highest BCUT2D eigenvalue weighted by atomic mass is 19.1. The molecule has 15 heavy (non-hydrogen) atoms. The molecule has 0 radical (unpaired) electrons. The van der Waals surface area contributed by atoms with Gasteiger partial charge >= 0.3 is 0 Å². The summed E-state index contributed by atoms with van der Waals surface area (Å²) in [6.07, 6.45) is 3.71. The van der Waals surface area contributed by atoms with Crippen molar-refractivity contribution < 1.29 is 4.39 Å². The number of halogens is 1. The summed E-state index contributed by atoms with van der Waals surface area (Å²) >= 11 is 0. The fourth-order valence-electron chi connectivity index (χ4n) is 1.28. The molecule has 1 heterocycles. The average Bonchev–Trinajstić information content (AvgIpc) is 2.63. The molecular formula is C12H11FN2. The molecule has 0 aliphatic heterocycles. The van der Waals surface area contributed by atoms with Crippen LogP contribution in [0.5, 0.6) is 0 Å². The van der Waals surface area contributed by atoms with Gasteiger partial charge in [0.1, 0.15) is 5.82 Å². The van der Waals surface area contributed by atoms with E-state index in [9.17, 15) is 4.39 Å². The number of rotatable bonds is 2. The molecule has 3 heteroatoms. The van der Waals surface area contributed by atoms with Crippen molar-refractivity contribution in [3.8, 4) is 0 Å². The van der Waals surface area contributed by atoms with Crippen LogP contribution in [0.4, 0.5) is 10.1 Å². The monoisotopic (exact) mass is 202 g/mol. The van der Waals surface area contributed by atoms with Crippen molar-refractivity contribution >= 4 is 11.9 Å². The standard InChI is InChI=1S/C12H11FN2/c1-15-8-2-3-12(15)9-14-11-6-4-10(13)5-7-11/h2-9H,1H3. The fourth-order valence-corrected chi connectivity index (χ4v) is 1.28. The molecule has 0 fully saturated rings. The average molecular weight is 202 g/mol. The maximum Gasteiger partial charge on any atom is 0.123 e. The summed E-state index contributed by atoms with van der Waals surface area (Å²) < 4.78 is 14.6. The molecule has 1 aromatic heterocycles. The molecule has 0 amide bonds. The van der Waals surface area contributed by atoms with E-state index in [0.717, 1.165) is 11.4 Å². The summed E-state index contributed by atoms with van der Waals surface area (Å²) in [5.74, 6) is -0.243. The lowest BCUT2D eigenvalue weighted by Gasteiger charge is -1.95. The van der Waals surface area contributed by atoms with Crippen LogP contribution in [0, 0.1) is 5.82 Å². The van der Waals surface area contributed by atoms with Gasteiger partial charge in [-0.15, -0.1) is 0 Å². The Morgan fingerprint density at radius 1 is 1.20 bits per heavy atom. The van der Waals surface area contributed by atoms with E-state index in [-0.39, 0.29) is 5.82 Å². The smallest absolute Gasteiger partial charge is 0.123 e. The van der Waals surface area contributed by atoms with E-state index in [1.807, 2.05) is 29.9 Å². The van der Waals surface area contributed by atoms with Crippen LogP contribution in [0.15, 0.2) is 47.6 Å². The maximum atomic E-state index is 12.6. The first-order valence-corrected chi connectivity index (χ1v) is 4.67. The van der Waals surface area contributed by atoms with Crippen LogP contribution in [0.2, 0.25) is 0 Å². The van der Waals surface area contributed by atoms with Gasteiger partial charge in [-0.3, -0.25) is 4.99 Å². The Kier molecular flexibility index (Phi) is 2.63. The minimum Gasteiger partial charge on any atom is -0.350 e. The van der Waals surface area contributed by atoms with Gasteiger partial charge in [-0.2, -0.15) is 0 Å². The highest BCUT2D eigenvalue weighted by Gasteiger charge is 1.92. The summed E-state index contributed by atoms with van der Waals surface area (Å²) in [5, 5.41) is 0. The third-order valence-corrected chi connectivity index (χ3v) is 2.16. The molecule has 0 unspecified atom stereocenters. The van der Waals surface area contributed by atoms with Gasteiger partial charge in [0.2, 0.25) is 0 Å². The number of hydrogen-bond acceptors (Lipinski definition) is 1. The summed E-state index contributed by atoms with van der Waals surface area (Å²) in [6, 6.07) is 10.0. The second kappa shape index (κ2) is 4.09. The minimum absolute atomic E-state index is 0.243. The normalized spacial score (nSPS) is 11.1. The van der Waals surface area contributed by atoms with Gasteiger partial charge in [0.25, 0.3) is 0 Å². The predicted molar refractivity (Wildman–Crippen MR) is 59.1 cm³/mol. The number of aryl methyl sites for hydroxylation is 1. The molecule has 0 spiro atoms. The number of nitrogens with zero attached hydrogens (tertiary/aromatic N) is 2. The van der Waals surface area contributed by atoms with Crippen molar-refractivity contribution in [1.29, 1.82) is 0 Å². The van der Waals surface area contributed by atoms with E-state index in [2.05, 4.69) is 4.99 Å². The number of aliphatic imine (C=N–C) groups is 1. The molecule has 0 aliphatic carbocycles. The Balaban J connectivity index is 2.19. The zero-order valence-corrected chi connectivity index (χ0v) is 8.39. The second-order valence-electron chi connectivity index (χ2n) is 3.28. The molecule has 0 bridgehead atoms. The van der Waals surface area contributed by atoms with E-state index in [0.29, 0.717) is 0 Å². The number of benzene rings is 1. The van der Waals surface area contributed by atoms with Gasteiger partial charge in [-0.1, -0.05) is 0 Å². The molecular weight excluding hydrogens is 191 g/mol. The van der Waals surface area contributed by atoms with E-state index in [1.54, 1.807) is 18.3 Å². The third-order valence-electron chi connectivity index (χ3n) is 2.16. The molecule has 0 saturated carbocycles. The first-order valence-electron chi connectivity index (χ1n) is 4.67. The van der Waals surface area contributed by atoms with E-state index < -0.39 is 0 Å². The van der Waals surface area contributed by atoms with Crippen molar-refractivity contribution in [2.45, 2.75) is 0 Å². The summed E-state index contributed by atoms with van der Waals surface area (Å²) in [5.41, 5.74) is 1.76. The molecule has 0 atom stereocenters. The zero-order chi connectivity index (χ0) is 10.7. The highest BCUT2D eigenvalue weighted by molar-refractivity contribution is 5.80. The minimum atomic E-state index is -0.243. The van der Waals surface area contributed by atoms with Crippen LogP contribution in [0.25, 0.3) is 0 Å². The van der Waals surface area contributed by atoms with Crippen LogP contribution in [0.3, 0.4) is 0 Å². The van der Waals surface area contributed by atoms with E-state index in [1.165, 1.54) is 12.1 Å². The lowest BCUT2D eigenvalue weighted by molar-refractivity contribution is 0.628. The molecule has 2 nitrogen and oxygen atoms in total. The van der Waals surface area contributed by atoms with Gasteiger partial charge in [-0.05, 0) is 36.4 Å². The molecule has 1 aromatic carbocycles. The van der Waals surface area contributed by atoms with Crippen LogP contribution >= 0.6 is 0 Å². The quantitative estimate of drug-likeness (QED) is 0.666. The second-order valence-corrected chi connectivity index (χ2v) is 3.28. The van der Waals surface area contributed by atoms with Crippen molar-refractivity contribution in [3.05, 3.63) is 54.1 Å². The number of hydrogen-bond donors (Lipinski definition) is 0. The molecule has 2 rings (SSSR count). The molecule has 76 valence electrons. The Labute approximate surface area is 87.7 Å². The first-order chi connectivity index (χ1) is 7.25. The lowest BCUT2D eigenvalue weighted by Crippen LogP contribution is -1.91. The number of aromatic nitrogens is 1.